The van der Waals surface area contributed by atoms with Crippen LogP contribution >= 0.6 is 27.5 Å². The number of nitrogens with zero attached hydrogens (tertiary/aromatic N) is 2. The molecule has 0 saturated heterocycles. The van der Waals surface area contributed by atoms with E-state index in [9.17, 15) is 0 Å². The lowest BCUT2D eigenvalue weighted by molar-refractivity contribution is 0.177. The summed E-state index contributed by atoms with van der Waals surface area (Å²) < 4.78 is 11.5. The van der Waals surface area contributed by atoms with Gasteiger partial charge in [0.2, 0.25) is 5.88 Å². The molecule has 6 heteroatoms. The third-order valence-electron chi connectivity index (χ3n) is 2.29. The molecule has 0 amide bonds. The second-order valence-electron chi connectivity index (χ2n) is 3.91. The van der Waals surface area contributed by atoms with Gasteiger partial charge in [0.25, 0.3) is 0 Å². The SMILES string of the molecule is COCc1nc(Cl)cc(Oc2ccc(C)cc2Br)n1. The highest BCUT2D eigenvalue weighted by Crippen LogP contribution is 2.30. The molecule has 0 aliphatic heterocycles. The first-order chi connectivity index (χ1) is 9.08. The van der Waals surface area contributed by atoms with Crippen LogP contribution in [0, 0.1) is 6.92 Å². The van der Waals surface area contributed by atoms with E-state index in [1.165, 1.54) is 0 Å². The number of methoxy groups -OCH3 is 1. The molecule has 0 bridgehead atoms. The molecule has 0 saturated carbocycles. The normalized spacial score (nSPS) is 10.5. The minimum Gasteiger partial charge on any atom is -0.438 e. The van der Waals surface area contributed by atoms with Gasteiger partial charge in [-0.3, -0.25) is 0 Å². The quantitative estimate of drug-likeness (QED) is 0.783. The van der Waals surface area contributed by atoms with Crippen LogP contribution in [0.25, 0.3) is 0 Å². The maximum atomic E-state index is 5.92. The first kappa shape index (κ1) is 14.2. The number of hydrogen-bond donors (Lipinski definition) is 0. The topological polar surface area (TPSA) is 44.2 Å². The fourth-order valence-electron chi connectivity index (χ4n) is 1.49. The Labute approximate surface area is 124 Å². The summed E-state index contributed by atoms with van der Waals surface area (Å²) in [5, 5.41) is 0.320. The Balaban J connectivity index is 2.27. The molecule has 0 aliphatic rings. The zero-order chi connectivity index (χ0) is 13.8. The van der Waals surface area contributed by atoms with Crippen LogP contribution in [0.5, 0.6) is 11.6 Å². The van der Waals surface area contributed by atoms with Gasteiger partial charge in [-0.2, -0.15) is 4.98 Å². The summed E-state index contributed by atoms with van der Waals surface area (Å²) in [5.41, 5.74) is 1.14. The highest BCUT2D eigenvalue weighted by molar-refractivity contribution is 9.10. The van der Waals surface area contributed by atoms with E-state index in [2.05, 4.69) is 25.9 Å². The molecule has 100 valence electrons. The predicted octanol–water partition coefficient (Wildman–Crippen LogP) is 4.14. The molecule has 0 N–H and O–H groups in total. The number of rotatable bonds is 4. The minimum absolute atomic E-state index is 0.284. The first-order valence-electron chi connectivity index (χ1n) is 5.55. The van der Waals surface area contributed by atoms with Crippen molar-refractivity contribution in [3.8, 4) is 11.6 Å². The molecule has 2 rings (SSSR count). The van der Waals surface area contributed by atoms with Crippen molar-refractivity contribution in [2.45, 2.75) is 13.5 Å². The smallest absolute Gasteiger partial charge is 0.224 e. The van der Waals surface area contributed by atoms with Gasteiger partial charge in [0.1, 0.15) is 17.5 Å². The average molecular weight is 344 g/mol. The zero-order valence-electron chi connectivity index (χ0n) is 10.5. The molecule has 0 radical (unpaired) electrons. The first-order valence-corrected chi connectivity index (χ1v) is 6.72. The van der Waals surface area contributed by atoms with E-state index in [1.807, 2.05) is 25.1 Å². The Kier molecular flexibility index (Phi) is 4.74. The van der Waals surface area contributed by atoms with E-state index in [0.717, 1.165) is 10.0 Å². The lowest BCUT2D eigenvalue weighted by atomic mass is 10.2. The van der Waals surface area contributed by atoms with E-state index in [-0.39, 0.29) is 6.61 Å². The van der Waals surface area contributed by atoms with Crippen LogP contribution < -0.4 is 4.74 Å². The molecule has 0 unspecified atom stereocenters. The Hall–Kier alpha value is -1.17. The second-order valence-corrected chi connectivity index (χ2v) is 5.16. The van der Waals surface area contributed by atoms with E-state index < -0.39 is 0 Å². The van der Waals surface area contributed by atoms with Gasteiger partial charge in [-0.1, -0.05) is 17.7 Å². The Bertz CT molecular complexity index is 593. The van der Waals surface area contributed by atoms with Crippen LogP contribution in [-0.4, -0.2) is 17.1 Å². The predicted molar refractivity (Wildman–Crippen MR) is 76.7 cm³/mol. The van der Waals surface area contributed by atoms with Crippen LogP contribution in [0.2, 0.25) is 5.15 Å². The van der Waals surface area contributed by atoms with Gasteiger partial charge in [-0.05, 0) is 40.5 Å². The lowest BCUT2D eigenvalue weighted by Gasteiger charge is -2.09. The van der Waals surface area contributed by atoms with E-state index in [1.54, 1.807) is 13.2 Å². The Morgan fingerprint density at radius 1 is 1.26 bits per heavy atom. The highest BCUT2D eigenvalue weighted by Gasteiger charge is 2.08. The van der Waals surface area contributed by atoms with Gasteiger partial charge in [-0.15, -0.1) is 0 Å². The van der Waals surface area contributed by atoms with Crippen molar-refractivity contribution in [1.29, 1.82) is 0 Å². The summed E-state index contributed by atoms with van der Waals surface area (Å²) in [5.74, 6) is 1.54. The largest absolute Gasteiger partial charge is 0.438 e. The number of halogens is 2. The summed E-state index contributed by atoms with van der Waals surface area (Å²) in [6, 6.07) is 7.35. The highest BCUT2D eigenvalue weighted by atomic mass is 79.9. The molecule has 0 fully saturated rings. The summed E-state index contributed by atoms with van der Waals surface area (Å²) >= 11 is 9.36. The maximum Gasteiger partial charge on any atom is 0.224 e. The van der Waals surface area contributed by atoms with Crippen molar-refractivity contribution in [1.82, 2.24) is 9.97 Å². The molecule has 1 heterocycles. The molecule has 19 heavy (non-hydrogen) atoms. The van der Waals surface area contributed by atoms with Crippen LogP contribution in [0.3, 0.4) is 0 Å². The van der Waals surface area contributed by atoms with Gasteiger partial charge in [-0.25, -0.2) is 4.98 Å². The van der Waals surface area contributed by atoms with Gasteiger partial charge < -0.3 is 9.47 Å². The number of ether oxygens (including phenoxy) is 2. The number of benzene rings is 1. The molecule has 0 spiro atoms. The van der Waals surface area contributed by atoms with Gasteiger partial charge in [0.15, 0.2) is 5.82 Å². The third-order valence-corrected chi connectivity index (χ3v) is 3.11. The van der Waals surface area contributed by atoms with Crippen LogP contribution in [0.1, 0.15) is 11.4 Å². The van der Waals surface area contributed by atoms with Crippen molar-refractivity contribution in [2.24, 2.45) is 0 Å². The molecule has 2 aromatic rings. The van der Waals surface area contributed by atoms with Crippen LogP contribution in [-0.2, 0) is 11.3 Å². The Morgan fingerprint density at radius 2 is 2.05 bits per heavy atom. The maximum absolute atomic E-state index is 5.92. The fourth-order valence-corrected chi connectivity index (χ4v) is 2.25. The van der Waals surface area contributed by atoms with Crippen molar-refractivity contribution in [3.63, 3.8) is 0 Å². The van der Waals surface area contributed by atoms with E-state index in [4.69, 9.17) is 21.1 Å². The molecule has 0 atom stereocenters. The van der Waals surface area contributed by atoms with Gasteiger partial charge in [0.05, 0.1) is 4.47 Å². The third kappa shape index (κ3) is 3.89. The Morgan fingerprint density at radius 3 is 2.74 bits per heavy atom. The molecular weight excluding hydrogens is 332 g/mol. The van der Waals surface area contributed by atoms with E-state index in [0.29, 0.717) is 22.6 Å². The van der Waals surface area contributed by atoms with Crippen molar-refractivity contribution in [3.05, 3.63) is 45.3 Å². The molecule has 1 aromatic carbocycles. The van der Waals surface area contributed by atoms with Crippen LogP contribution in [0.15, 0.2) is 28.7 Å². The monoisotopic (exact) mass is 342 g/mol. The van der Waals surface area contributed by atoms with Crippen molar-refractivity contribution < 1.29 is 9.47 Å². The summed E-state index contributed by atoms with van der Waals surface area (Å²) in [4.78, 5) is 8.26. The standard InChI is InChI=1S/C13H12BrClN2O2/c1-8-3-4-10(9(14)5-8)19-13-6-11(15)16-12(17-13)7-18-2/h3-6H,7H2,1-2H3. The van der Waals surface area contributed by atoms with Crippen molar-refractivity contribution >= 4 is 27.5 Å². The van der Waals surface area contributed by atoms with Gasteiger partial charge >= 0.3 is 0 Å². The molecule has 0 aliphatic carbocycles. The van der Waals surface area contributed by atoms with Gasteiger partial charge in [0, 0.05) is 13.2 Å². The van der Waals surface area contributed by atoms with E-state index >= 15 is 0 Å². The number of hydrogen-bond acceptors (Lipinski definition) is 4. The average Bonchev–Trinajstić information content (AvgIpc) is 2.32. The summed E-state index contributed by atoms with van der Waals surface area (Å²) in [6.45, 7) is 2.29. The second kappa shape index (κ2) is 6.32. The minimum atomic E-state index is 0.284. The van der Waals surface area contributed by atoms with Crippen LogP contribution in [0.4, 0.5) is 0 Å². The molecule has 4 nitrogen and oxygen atoms in total. The van der Waals surface area contributed by atoms with Crippen molar-refractivity contribution in [2.75, 3.05) is 7.11 Å². The lowest BCUT2D eigenvalue weighted by Crippen LogP contribution is -1.99. The summed E-state index contributed by atoms with van der Waals surface area (Å²) in [6.07, 6.45) is 0. The number of aryl methyl sites for hydroxylation is 1. The fraction of sp³-hybridized carbons (Fsp3) is 0.231. The summed E-state index contributed by atoms with van der Waals surface area (Å²) in [7, 11) is 1.57. The molecular formula is C13H12BrClN2O2. The molecule has 1 aromatic heterocycles. The zero-order valence-corrected chi connectivity index (χ0v) is 12.8. The number of aromatic nitrogens is 2.